The predicted molar refractivity (Wildman–Crippen MR) is 74.1 cm³/mol. The van der Waals surface area contributed by atoms with Crippen LogP contribution in [-0.4, -0.2) is 52.9 Å². The monoisotopic (exact) mass is 301 g/mol. The minimum absolute atomic E-state index is 0.127. The molecule has 20 heavy (non-hydrogen) atoms. The van der Waals surface area contributed by atoms with Crippen molar-refractivity contribution in [2.45, 2.75) is 16.9 Å². The Bertz CT molecular complexity index is 538. The van der Waals surface area contributed by atoms with Gasteiger partial charge in [0, 0.05) is 39.9 Å². The van der Waals surface area contributed by atoms with Gasteiger partial charge in [-0.3, -0.25) is 0 Å². The maximum absolute atomic E-state index is 12.2. The molecule has 1 saturated heterocycles. The van der Waals surface area contributed by atoms with Crippen LogP contribution in [0.15, 0.2) is 23.2 Å². The molecule has 7 nitrogen and oxygen atoms in total. The van der Waals surface area contributed by atoms with Crippen LogP contribution in [0.3, 0.4) is 0 Å². The molecule has 0 bridgehead atoms. The second-order valence-electron chi connectivity index (χ2n) is 4.64. The zero-order valence-electron chi connectivity index (χ0n) is 11.5. The molecule has 0 saturated carbocycles. The lowest BCUT2D eigenvalue weighted by molar-refractivity contribution is -0.0120. The first-order valence-electron chi connectivity index (χ1n) is 6.28. The molecule has 1 atom stereocenters. The lowest BCUT2D eigenvalue weighted by Gasteiger charge is -2.25. The van der Waals surface area contributed by atoms with Gasteiger partial charge >= 0.3 is 0 Å². The largest absolute Gasteiger partial charge is 0.378 e. The number of nitrogens with zero attached hydrogens (tertiary/aromatic N) is 1. The molecule has 8 heteroatoms. The van der Waals surface area contributed by atoms with Crippen molar-refractivity contribution in [1.29, 1.82) is 0 Å². The van der Waals surface area contributed by atoms with Crippen LogP contribution in [0.25, 0.3) is 0 Å². The molecule has 1 aliphatic rings. The lowest BCUT2D eigenvalue weighted by atomic mass is 10.0. The number of hydrogen-bond acceptors (Lipinski definition) is 6. The summed E-state index contributed by atoms with van der Waals surface area (Å²) in [6.07, 6.45) is 1.99. The van der Waals surface area contributed by atoms with E-state index in [0.29, 0.717) is 25.5 Å². The number of methoxy groups -OCH3 is 1. The van der Waals surface area contributed by atoms with E-state index in [1.165, 1.54) is 12.3 Å². The Morgan fingerprint density at radius 3 is 2.80 bits per heavy atom. The van der Waals surface area contributed by atoms with E-state index in [1.54, 1.807) is 20.2 Å². The fraction of sp³-hybridized carbons (Fsp3) is 0.583. The van der Waals surface area contributed by atoms with Crippen LogP contribution in [0.4, 0.5) is 5.82 Å². The highest BCUT2D eigenvalue weighted by Crippen LogP contribution is 2.22. The normalized spacial score (nSPS) is 22.9. The van der Waals surface area contributed by atoms with Crippen LogP contribution in [0, 0.1) is 0 Å². The average Bonchev–Trinajstić information content (AvgIpc) is 2.95. The van der Waals surface area contributed by atoms with Gasteiger partial charge in [-0.1, -0.05) is 0 Å². The van der Waals surface area contributed by atoms with Crippen LogP contribution in [-0.2, 0) is 19.5 Å². The molecule has 2 rings (SSSR count). The minimum Gasteiger partial charge on any atom is -0.378 e. The van der Waals surface area contributed by atoms with Crippen LogP contribution >= 0.6 is 0 Å². The highest BCUT2D eigenvalue weighted by Gasteiger charge is 2.36. The first kappa shape index (κ1) is 15.2. The number of ether oxygens (including phenoxy) is 2. The fourth-order valence-electron chi connectivity index (χ4n) is 1.96. The molecule has 1 fully saturated rings. The van der Waals surface area contributed by atoms with E-state index >= 15 is 0 Å². The Balaban J connectivity index is 2.06. The predicted octanol–water partition coefficient (Wildman–Crippen LogP) is 0.207. The van der Waals surface area contributed by atoms with E-state index in [2.05, 4.69) is 15.0 Å². The number of anilines is 1. The summed E-state index contributed by atoms with van der Waals surface area (Å²) in [6.45, 7) is 1.15. The maximum Gasteiger partial charge on any atom is 0.242 e. The van der Waals surface area contributed by atoms with Gasteiger partial charge in [0.1, 0.15) is 16.3 Å². The molecule has 2 heterocycles. The Kier molecular flexibility index (Phi) is 4.59. The highest BCUT2D eigenvalue weighted by molar-refractivity contribution is 7.89. The Labute approximate surface area is 118 Å². The van der Waals surface area contributed by atoms with Gasteiger partial charge in [-0.2, -0.15) is 0 Å². The molecule has 0 spiro atoms. The number of nitrogens with one attached hydrogen (secondary N) is 2. The maximum atomic E-state index is 12.2. The number of rotatable bonds is 6. The molecule has 0 aliphatic carbocycles. The molecule has 1 unspecified atom stereocenters. The van der Waals surface area contributed by atoms with E-state index < -0.39 is 15.6 Å². The molecule has 0 aromatic carbocycles. The van der Waals surface area contributed by atoms with Crippen molar-refractivity contribution in [2.24, 2.45) is 0 Å². The van der Waals surface area contributed by atoms with Crippen LogP contribution in [0.2, 0.25) is 0 Å². The highest BCUT2D eigenvalue weighted by atomic mass is 32.2. The number of aromatic nitrogens is 1. The molecule has 1 aliphatic heterocycles. The second kappa shape index (κ2) is 6.04. The zero-order chi connectivity index (χ0) is 14.6. The SMILES string of the molecule is CNc1ccc(S(=O)(=O)NCC2(OC)CCOC2)cn1. The molecule has 0 radical (unpaired) electrons. The quantitative estimate of drug-likeness (QED) is 0.780. The van der Waals surface area contributed by atoms with Gasteiger partial charge in [0.25, 0.3) is 0 Å². The van der Waals surface area contributed by atoms with Gasteiger partial charge in [0.2, 0.25) is 10.0 Å². The standard InChI is InChI=1S/C12H19N3O4S/c1-13-11-4-3-10(7-14-11)20(16,17)15-8-12(18-2)5-6-19-9-12/h3-4,7,15H,5-6,8-9H2,1-2H3,(H,13,14). The van der Waals surface area contributed by atoms with Crippen molar-refractivity contribution >= 4 is 15.8 Å². The van der Waals surface area contributed by atoms with E-state index in [1.807, 2.05) is 0 Å². The second-order valence-corrected chi connectivity index (χ2v) is 6.41. The number of sulfonamides is 1. The Morgan fingerprint density at radius 2 is 2.30 bits per heavy atom. The number of pyridine rings is 1. The van der Waals surface area contributed by atoms with Crippen LogP contribution in [0.5, 0.6) is 0 Å². The summed E-state index contributed by atoms with van der Waals surface area (Å²) in [5, 5.41) is 2.83. The fourth-order valence-corrected chi connectivity index (χ4v) is 3.02. The lowest BCUT2D eigenvalue weighted by Crippen LogP contribution is -2.44. The van der Waals surface area contributed by atoms with Gasteiger partial charge < -0.3 is 14.8 Å². The van der Waals surface area contributed by atoms with Crippen LogP contribution < -0.4 is 10.0 Å². The van der Waals surface area contributed by atoms with Crippen molar-refractivity contribution in [2.75, 3.05) is 39.2 Å². The van der Waals surface area contributed by atoms with E-state index in [0.717, 1.165) is 0 Å². The third-order valence-corrected chi connectivity index (χ3v) is 4.77. The van der Waals surface area contributed by atoms with Crippen molar-refractivity contribution < 1.29 is 17.9 Å². The molecule has 0 amide bonds. The summed E-state index contributed by atoms with van der Waals surface area (Å²) >= 11 is 0. The third-order valence-electron chi connectivity index (χ3n) is 3.39. The third kappa shape index (κ3) is 3.26. The summed E-state index contributed by atoms with van der Waals surface area (Å²) in [5.74, 6) is 0.613. The van der Waals surface area contributed by atoms with E-state index in [-0.39, 0.29) is 11.4 Å². The molecule has 2 N–H and O–H groups in total. The molecule has 1 aromatic rings. The van der Waals surface area contributed by atoms with Gasteiger partial charge in [0.15, 0.2) is 0 Å². The summed E-state index contributed by atoms with van der Waals surface area (Å²) in [6, 6.07) is 3.12. The Morgan fingerprint density at radius 1 is 1.50 bits per heavy atom. The molecule has 112 valence electrons. The summed E-state index contributed by atoms with van der Waals surface area (Å²) in [7, 11) is -0.316. The molecule has 1 aromatic heterocycles. The number of hydrogen-bond donors (Lipinski definition) is 2. The molecular weight excluding hydrogens is 282 g/mol. The topological polar surface area (TPSA) is 89.6 Å². The van der Waals surface area contributed by atoms with Crippen molar-refractivity contribution in [3.63, 3.8) is 0 Å². The zero-order valence-corrected chi connectivity index (χ0v) is 12.4. The van der Waals surface area contributed by atoms with Crippen molar-refractivity contribution in [3.05, 3.63) is 18.3 Å². The van der Waals surface area contributed by atoms with E-state index in [9.17, 15) is 8.42 Å². The molecular formula is C12H19N3O4S. The van der Waals surface area contributed by atoms with Crippen molar-refractivity contribution in [3.8, 4) is 0 Å². The smallest absolute Gasteiger partial charge is 0.242 e. The average molecular weight is 301 g/mol. The summed E-state index contributed by atoms with van der Waals surface area (Å²) in [4.78, 5) is 4.12. The van der Waals surface area contributed by atoms with Crippen LogP contribution in [0.1, 0.15) is 6.42 Å². The minimum atomic E-state index is -3.60. The summed E-state index contributed by atoms with van der Waals surface area (Å²) in [5.41, 5.74) is -0.578. The first-order chi connectivity index (χ1) is 9.51. The summed E-state index contributed by atoms with van der Waals surface area (Å²) < 4.78 is 37.6. The first-order valence-corrected chi connectivity index (χ1v) is 7.76. The van der Waals surface area contributed by atoms with E-state index in [4.69, 9.17) is 9.47 Å². The van der Waals surface area contributed by atoms with Crippen molar-refractivity contribution in [1.82, 2.24) is 9.71 Å². The van der Waals surface area contributed by atoms with Gasteiger partial charge in [-0.15, -0.1) is 0 Å². The van der Waals surface area contributed by atoms with Gasteiger partial charge in [-0.05, 0) is 12.1 Å². The van der Waals surface area contributed by atoms with Gasteiger partial charge in [-0.25, -0.2) is 18.1 Å². The van der Waals surface area contributed by atoms with Gasteiger partial charge in [0.05, 0.1) is 6.61 Å². The Hall–Kier alpha value is -1.22.